The van der Waals surface area contributed by atoms with Gasteiger partial charge in [-0.05, 0) is 60.2 Å². The molecule has 0 radical (unpaired) electrons. The first-order valence-corrected chi connectivity index (χ1v) is 9.67. The van der Waals surface area contributed by atoms with Crippen molar-refractivity contribution in [3.8, 4) is 11.5 Å². The molecule has 0 aliphatic rings. The lowest BCUT2D eigenvalue weighted by Gasteiger charge is -2.06. The molecule has 0 atom stereocenters. The van der Waals surface area contributed by atoms with Crippen molar-refractivity contribution in [2.45, 2.75) is 6.61 Å². The molecule has 7 nitrogen and oxygen atoms in total. The number of ether oxygens (including phenoxy) is 2. The summed E-state index contributed by atoms with van der Waals surface area (Å²) in [7, 11) is 1.55. The highest BCUT2D eigenvalue weighted by atomic mass is 19.1. The SMILES string of the molecule is COCc1ccc(/C=c2\[nH]c(=O)/c(=C/c3cccc(Oc4ccc(F)cc4)c3)[nH]c2=O)o1. The molecule has 2 aromatic carbocycles. The van der Waals surface area contributed by atoms with Crippen molar-refractivity contribution in [3.63, 3.8) is 0 Å². The summed E-state index contributed by atoms with van der Waals surface area (Å²) in [6.45, 7) is 0.304. The largest absolute Gasteiger partial charge is 0.459 e. The maximum atomic E-state index is 13.1. The van der Waals surface area contributed by atoms with Crippen LogP contribution in [-0.2, 0) is 11.3 Å². The normalized spacial score (nSPS) is 12.3. The van der Waals surface area contributed by atoms with Gasteiger partial charge in [-0.3, -0.25) is 9.59 Å². The Balaban J connectivity index is 1.64. The Labute approximate surface area is 181 Å². The Hall–Kier alpha value is -4.17. The molecule has 4 aromatic rings. The van der Waals surface area contributed by atoms with Crippen LogP contribution < -0.4 is 26.6 Å². The quantitative estimate of drug-likeness (QED) is 0.486. The van der Waals surface area contributed by atoms with Gasteiger partial charge >= 0.3 is 0 Å². The maximum Gasteiger partial charge on any atom is 0.272 e. The second kappa shape index (κ2) is 9.32. The Kier molecular flexibility index (Phi) is 6.14. The molecule has 2 N–H and O–H groups in total. The van der Waals surface area contributed by atoms with Crippen LogP contribution in [0.4, 0.5) is 4.39 Å². The van der Waals surface area contributed by atoms with Crippen molar-refractivity contribution in [3.05, 3.63) is 115 Å². The van der Waals surface area contributed by atoms with Gasteiger partial charge in [0.25, 0.3) is 11.1 Å². The van der Waals surface area contributed by atoms with Gasteiger partial charge in [-0.2, -0.15) is 0 Å². The zero-order chi connectivity index (χ0) is 22.5. The molecule has 8 heteroatoms. The second-order valence-electron chi connectivity index (χ2n) is 6.89. The summed E-state index contributed by atoms with van der Waals surface area (Å²) in [5.41, 5.74) is -0.304. The number of aromatic nitrogens is 2. The molecule has 0 unspecified atom stereocenters. The Bertz CT molecular complexity index is 1470. The number of benzene rings is 2. The molecular weight excluding hydrogens is 415 g/mol. The van der Waals surface area contributed by atoms with Crippen LogP contribution in [0.3, 0.4) is 0 Å². The zero-order valence-corrected chi connectivity index (χ0v) is 17.1. The average Bonchev–Trinajstić information content (AvgIpc) is 3.21. The lowest BCUT2D eigenvalue weighted by Crippen LogP contribution is -2.46. The predicted octanol–water partition coefficient (Wildman–Crippen LogP) is 2.39. The number of hydrogen-bond acceptors (Lipinski definition) is 5. The van der Waals surface area contributed by atoms with E-state index in [-0.39, 0.29) is 16.5 Å². The van der Waals surface area contributed by atoms with Gasteiger partial charge in [0.15, 0.2) is 0 Å². The van der Waals surface area contributed by atoms with E-state index >= 15 is 0 Å². The topological polar surface area (TPSA) is 97.3 Å². The summed E-state index contributed by atoms with van der Waals surface area (Å²) in [5.74, 6) is 1.64. The third kappa shape index (κ3) is 5.11. The smallest absolute Gasteiger partial charge is 0.272 e. The molecule has 2 heterocycles. The summed E-state index contributed by atoms with van der Waals surface area (Å²) < 4.78 is 29.3. The summed E-state index contributed by atoms with van der Waals surface area (Å²) >= 11 is 0. The van der Waals surface area contributed by atoms with E-state index in [0.717, 1.165) is 0 Å². The van der Waals surface area contributed by atoms with E-state index in [4.69, 9.17) is 13.9 Å². The van der Waals surface area contributed by atoms with Crippen LogP contribution in [-0.4, -0.2) is 17.1 Å². The van der Waals surface area contributed by atoms with Gasteiger partial charge < -0.3 is 23.9 Å². The lowest BCUT2D eigenvalue weighted by atomic mass is 10.2. The Morgan fingerprint density at radius 2 is 1.62 bits per heavy atom. The fraction of sp³-hybridized carbons (Fsp3) is 0.0833. The summed E-state index contributed by atoms with van der Waals surface area (Å²) in [5, 5.41) is 0.157. The first-order chi connectivity index (χ1) is 15.5. The Morgan fingerprint density at radius 3 is 2.34 bits per heavy atom. The fourth-order valence-electron chi connectivity index (χ4n) is 3.00. The summed E-state index contributed by atoms with van der Waals surface area (Å²) in [6.07, 6.45) is 2.98. The van der Waals surface area contributed by atoms with Crippen LogP contribution in [0.1, 0.15) is 17.1 Å². The van der Waals surface area contributed by atoms with Crippen molar-refractivity contribution in [1.29, 1.82) is 0 Å². The van der Waals surface area contributed by atoms with Crippen molar-refractivity contribution >= 4 is 12.2 Å². The molecule has 2 aromatic heterocycles. The van der Waals surface area contributed by atoms with E-state index in [9.17, 15) is 14.0 Å². The fourth-order valence-corrected chi connectivity index (χ4v) is 3.00. The molecule has 0 aliphatic heterocycles. The minimum Gasteiger partial charge on any atom is -0.459 e. The van der Waals surface area contributed by atoms with Crippen LogP contribution in [0.25, 0.3) is 12.2 Å². The average molecular weight is 434 g/mol. The van der Waals surface area contributed by atoms with Gasteiger partial charge in [0.05, 0.1) is 0 Å². The van der Waals surface area contributed by atoms with Gasteiger partial charge in [-0.1, -0.05) is 12.1 Å². The number of furan rings is 1. The number of rotatable bonds is 6. The summed E-state index contributed by atoms with van der Waals surface area (Å²) in [6, 6.07) is 16.0. The van der Waals surface area contributed by atoms with Crippen LogP contribution in [0.5, 0.6) is 11.5 Å². The molecular formula is C24H19FN2O5. The van der Waals surface area contributed by atoms with Crippen LogP contribution in [0.2, 0.25) is 0 Å². The van der Waals surface area contributed by atoms with E-state index in [1.165, 1.54) is 36.4 Å². The standard InChI is InChI=1S/C24H19FN2O5/c1-30-14-20-10-9-19(32-20)13-22-24(29)26-21(23(28)27-22)12-15-3-2-4-18(11-15)31-17-7-5-16(25)6-8-17/h2-13H,14H2,1H3,(H,26,29)(H,27,28)/b21-12-,22-13-. The maximum absolute atomic E-state index is 13.1. The molecule has 0 saturated carbocycles. The molecule has 0 bridgehead atoms. The minimum absolute atomic E-state index is 0.0684. The van der Waals surface area contributed by atoms with E-state index in [0.29, 0.717) is 35.2 Å². The van der Waals surface area contributed by atoms with Gasteiger partial charge in [-0.15, -0.1) is 0 Å². The number of halogens is 1. The van der Waals surface area contributed by atoms with Crippen molar-refractivity contribution in [1.82, 2.24) is 9.97 Å². The highest BCUT2D eigenvalue weighted by Gasteiger charge is 2.03. The predicted molar refractivity (Wildman–Crippen MR) is 116 cm³/mol. The number of nitrogens with one attached hydrogen (secondary N) is 2. The van der Waals surface area contributed by atoms with Gasteiger partial charge in [0.2, 0.25) is 0 Å². The first-order valence-electron chi connectivity index (χ1n) is 9.67. The number of hydrogen-bond donors (Lipinski definition) is 2. The molecule has 0 spiro atoms. The lowest BCUT2D eigenvalue weighted by molar-refractivity contribution is 0.164. The van der Waals surface area contributed by atoms with Crippen molar-refractivity contribution < 1.29 is 18.3 Å². The monoisotopic (exact) mass is 434 g/mol. The molecule has 0 amide bonds. The summed E-state index contributed by atoms with van der Waals surface area (Å²) in [4.78, 5) is 30.1. The number of H-pyrrole nitrogens is 2. The van der Waals surface area contributed by atoms with Gasteiger partial charge in [0, 0.05) is 13.2 Å². The molecule has 0 aliphatic carbocycles. The number of aromatic amines is 2. The minimum atomic E-state index is -0.473. The van der Waals surface area contributed by atoms with E-state index in [1.54, 1.807) is 43.5 Å². The Morgan fingerprint density at radius 1 is 0.906 bits per heavy atom. The van der Waals surface area contributed by atoms with E-state index < -0.39 is 11.1 Å². The van der Waals surface area contributed by atoms with Crippen molar-refractivity contribution in [2.24, 2.45) is 0 Å². The molecule has 4 rings (SSSR count). The van der Waals surface area contributed by atoms with Gasteiger partial charge in [0.1, 0.15) is 46.1 Å². The highest BCUT2D eigenvalue weighted by molar-refractivity contribution is 5.51. The second-order valence-corrected chi connectivity index (χ2v) is 6.89. The molecule has 0 saturated heterocycles. The highest BCUT2D eigenvalue weighted by Crippen LogP contribution is 2.22. The molecule has 32 heavy (non-hydrogen) atoms. The zero-order valence-electron chi connectivity index (χ0n) is 17.1. The van der Waals surface area contributed by atoms with Crippen LogP contribution >= 0.6 is 0 Å². The third-order valence-electron chi connectivity index (χ3n) is 4.46. The van der Waals surface area contributed by atoms with Gasteiger partial charge in [-0.25, -0.2) is 4.39 Å². The first kappa shape index (κ1) is 21.1. The van der Waals surface area contributed by atoms with Crippen LogP contribution in [0, 0.1) is 5.82 Å². The van der Waals surface area contributed by atoms with E-state index in [1.807, 2.05) is 0 Å². The third-order valence-corrected chi connectivity index (χ3v) is 4.46. The molecule has 0 fully saturated rings. The van der Waals surface area contributed by atoms with Crippen molar-refractivity contribution in [2.75, 3.05) is 7.11 Å². The van der Waals surface area contributed by atoms with Crippen LogP contribution in [0.15, 0.2) is 74.7 Å². The number of methoxy groups -OCH3 is 1. The molecule has 162 valence electrons. The van der Waals surface area contributed by atoms with E-state index in [2.05, 4.69) is 9.97 Å².